The monoisotopic (exact) mass is 493 g/mol. The van der Waals surface area contributed by atoms with E-state index in [1.165, 1.54) is 26.9 Å². The molecular weight excluding hydrogens is 458 g/mol. The molecule has 2 N–H and O–H groups in total. The Morgan fingerprint density at radius 2 is 1.72 bits per heavy atom. The molecule has 3 aromatic rings. The Bertz CT molecular complexity index is 1220. The zero-order valence-electron chi connectivity index (χ0n) is 22.1. The van der Waals surface area contributed by atoms with E-state index in [0.717, 1.165) is 35.6 Å². The van der Waals surface area contributed by atoms with Crippen molar-refractivity contribution in [2.45, 2.75) is 47.2 Å². The number of carbonyl (C=O) groups excluding carboxylic acids is 1. The van der Waals surface area contributed by atoms with Crippen molar-refractivity contribution in [3.63, 3.8) is 0 Å². The number of nitrogens with one attached hydrogen (secondary N) is 2. The average molecular weight is 494 g/mol. The lowest BCUT2D eigenvalue weighted by Crippen LogP contribution is -2.36. The molecule has 9 heteroatoms. The van der Waals surface area contributed by atoms with Crippen LogP contribution in [0.15, 0.2) is 41.4 Å². The normalized spacial score (nSPS) is 11.2. The quantitative estimate of drug-likeness (QED) is 0.336. The second-order valence-corrected chi connectivity index (χ2v) is 8.18. The summed E-state index contributed by atoms with van der Waals surface area (Å²) in [5.41, 5.74) is 5.35. The van der Waals surface area contributed by atoms with Crippen LogP contribution in [0.1, 0.15) is 46.7 Å². The van der Waals surface area contributed by atoms with Gasteiger partial charge >= 0.3 is 0 Å². The predicted octanol–water partition coefficient (Wildman–Crippen LogP) is 4.51. The van der Waals surface area contributed by atoms with Gasteiger partial charge in [-0.05, 0) is 57.0 Å². The first-order chi connectivity index (χ1) is 17.3. The molecule has 0 fully saturated rings. The van der Waals surface area contributed by atoms with E-state index in [0.29, 0.717) is 35.3 Å². The molecule has 0 atom stereocenters. The summed E-state index contributed by atoms with van der Waals surface area (Å²) in [6, 6.07) is 11.2. The van der Waals surface area contributed by atoms with Crippen molar-refractivity contribution in [1.29, 1.82) is 0 Å². The van der Waals surface area contributed by atoms with Crippen LogP contribution in [0, 0.1) is 13.8 Å². The van der Waals surface area contributed by atoms with Gasteiger partial charge in [-0.15, -0.1) is 0 Å². The van der Waals surface area contributed by atoms with Gasteiger partial charge in [0.2, 0.25) is 11.7 Å². The van der Waals surface area contributed by atoms with Crippen LogP contribution in [0.3, 0.4) is 0 Å². The summed E-state index contributed by atoms with van der Waals surface area (Å²) < 4.78 is 18.1. The number of carbonyl (C=O) groups is 1. The molecule has 0 aliphatic rings. The number of hydrogen-bond donors (Lipinski definition) is 2. The van der Waals surface area contributed by atoms with E-state index in [-0.39, 0.29) is 5.91 Å². The largest absolute Gasteiger partial charge is 0.493 e. The highest BCUT2D eigenvalue weighted by atomic mass is 16.5. The molecule has 3 rings (SSSR count). The highest BCUT2D eigenvalue weighted by Crippen LogP contribution is 2.38. The van der Waals surface area contributed by atoms with Gasteiger partial charge in [0.15, 0.2) is 11.5 Å². The number of aromatic nitrogens is 2. The zero-order valence-corrected chi connectivity index (χ0v) is 22.1. The molecule has 0 aliphatic carbocycles. The van der Waals surface area contributed by atoms with E-state index in [1.54, 1.807) is 12.1 Å². The molecule has 1 amide bonds. The molecule has 192 valence electrons. The summed E-state index contributed by atoms with van der Waals surface area (Å²) in [6.07, 6.45) is 0.897. The highest BCUT2D eigenvalue weighted by Gasteiger charge is 2.19. The Balaban J connectivity index is 1.95. The molecular formula is C27H35N5O4. The van der Waals surface area contributed by atoms with E-state index in [1.807, 2.05) is 36.7 Å². The molecule has 0 saturated carbocycles. The maximum atomic E-state index is 13.3. The number of guanidine groups is 1. The van der Waals surface area contributed by atoms with Gasteiger partial charge < -0.3 is 19.5 Å². The van der Waals surface area contributed by atoms with Gasteiger partial charge in [0.25, 0.3) is 5.91 Å². The topological polar surface area (TPSA) is 99.0 Å². The minimum absolute atomic E-state index is 0.324. The molecule has 1 heterocycles. The SMILES string of the molecule is CCc1cccc(NC(=NCc2c(C)nn(CC)c2C)NC(=O)c2cc(OC)c(OC)c(OC)c2)c1. The number of aryl methyl sites for hydroxylation is 3. The zero-order chi connectivity index (χ0) is 26.2. The lowest BCUT2D eigenvalue weighted by Gasteiger charge is -2.16. The number of methoxy groups -OCH3 is 3. The lowest BCUT2D eigenvalue weighted by atomic mass is 10.1. The molecule has 0 saturated heterocycles. The Labute approximate surface area is 212 Å². The predicted molar refractivity (Wildman–Crippen MR) is 142 cm³/mol. The lowest BCUT2D eigenvalue weighted by molar-refractivity contribution is 0.0976. The molecule has 2 aromatic carbocycles. The number of hydrogen-bond acceptors (Lipinski definition) is 6. The second-order valence-electron chi connectivity index (χ2n) is 8.18. The van der Waals surface area contributed by atoms with Crippen LogP contribution in [0.2, 0.25) is 0 Å². The smallest absolute Gasteiger partial charge is 0.258 e. The van der Waals surface area contributed by atoms with Gasteiger partial charge in [-0.2, -0.15) is 5.10 Å². The number of benzene rings is 2. The summed E-state index contributed by atoms with van der Waals surface area (Å²) >= 11 is 0. The third-order valence-corrected chi connectivity index (χ3v) is 5.98. The van der Waals surface area contributed by atoms with E-state index in [2.05, 4.69) is 35.6 Å². The third-order valence-electron chi connectivity index (χ3n) is 5.98. The van der Waals surface area contributed by atoms with Crippen LogP contribution in [0.5, 0.6) is 17.2 Å². The molecule has 0 unspecified atom stereocenters. The van der Waals surface area contributed by atoms with E-state index in [4.69, 9.17) is 19.2 Å². The Morgan fingerprint density at radius 1 is 1.03 bits per heavy atom. The van der Waals surface area contributed by atoms with Crippen molar-refractivity contribution in [2.24, 2.45) is 4.99 Å². The molecule has 0 bridgehead atoms. The number of nitrogens with zero attached hydrogens (tertiary/aromatic N) is 3. The van der Waals surface area contributed by atoms with Crippen LogP contribution in [-0.2, 0) is 19.5 Å². The van der Waals surface area contributed by atoms with Crippen molar-refractivity contribution >= 4 is 17.6 Å². The fraction of sp³-hybridized carbons (Fsp3) is 0.370. The van der Waals surface area contributed by atoms with Gasteiger partial charge in [-0.25, -0.2) is 4.99 Å². The molecule has 1 aromatic heterocycles. The van der Waals surface area contributed by atoms with Crippen LogP contribution in [-0.4, -0.2) is 43.0 Å². The molecule has 9 nitrogen and oxygen atoms in total. The summed E-state index contributed by atoms with van der Waals surface area (Å²) in [5, 5.41) is 10.8. The summed E-state index contributed by atoms with van der Waals surface area (Å²) in [4.78, 5) is 18.0. The van der Waals surface area contributed by atoms with Crippen LogP contribution < -0.4 is 24.8 Å². The van der Waals surface area contributed by atoms with Crippen molar-refractivity contribution in [1.82, 2.24) is 15.1 Å². The second kappa shape index (κ2) is 12.1. The summed E-state index contributed by atoms with van der Waals surface area (Å²) in [5.74, 6) is 1.15. The minimum atomic E-state index is -0.371. The Kier molecular flexibility index (Phi) is 8.94. The van der Waals surface area contributed by atoms with E-state index >= 15 is 0 Å². The molecule has 0 spiro atoms. The van der Waals surface area contributed by atoms with Crippen molar-refractivity contribution in [3.05, 3.63) is 64.5 Å². The van der Waals surface area contributed by atoms with E-state index < -0.39 is 0 Å². The van der Waals surface area contributed by atoms with Crippen LogP contribution in [0.4, 0.5) is 5.69 Å². The minimum Gasteiger partial charge on any atom is -0.493 e. The fourth-order valence-electron chi connectivity index (χ4n) is 3.94. The van der Waals surface area contributed by atoms with Crippen molar-refractivity contribution in [2.75, 3.05) is 26.6 Å². The van der Waals surface area contributed by atoms with Crippen molar-refractivity contribution < 1.29 is 19.0 Å². The summed E-state index contributed by atoms with van der Waals surface area (Å²) in [6.45, 7) is 9.29. The van der Waals surface area contributed by atoms with Gasteiger partial charge in [-0.1, -0.05) is 19.1 Å². The first kappa shape index (κ1) is 26.6. The molecule has 0 aliphatic heterocycles. The van der Waals surface area contributed by atoms with Gasteiger partial charge in [0.1, 0.15) is 0 Å². The first-order valence-electron chi connectivity index (χ1n) is 11.9. The number of amides is 1. The third kappa shape index (κ3) is 5.97. The number of anilines is 1. The van der Waals surface area contributed by atoms with E-state index in [9.17, 15) is 4.79 Å². The fourth-order valence-corrected chi connectivity index (χ4v) is 3.94. The van der Waals surface area contributed by atoms with Crippen molar-refractivity contribution in [3.8, 4) is 17.2 Å². The van der Waals surface area contributed by atoms with Gasteiger partial charge in [0, 0.05) is 29.1 Å². The highest BCUT2D eigenvalue weighted by molar-refractivity contribution is 6.10. The Morgan fingerprint density at radius 3 is 2.28 bits per heavy atom. The average Bonchev–Trinajstić information content (AvgIpc) is 3.18. The summed E-state index contributed by atoms with van der Waals surface area (Å²) in [7, 11) is 4.54. The molecule has 0 radical (unpaired) electrons. The van der Waals surface area contributed by atoms with Crippen LogP contribution >= 0.6 is 0 Å². The van der Waals surface area contributed by atoms with Gasteiger partial charge in [-0.3, -0.25) is 14.8 Å². The number of rotatable bonds is 9. The van der Waals surface area contributed by atoms with Crippen LogP contribution in [0.25, 0.3) is 0 Å². The maximum absolute atomic E-state index is 13.3. The maximum Gasteiger partial charge on any atom is 0.258 e. The molecule has 36 heavy (non-hydrogen) atoms. The first-order valence-corrected chi connectivity index (χ1v) is 11.9. The van der Waals surface area contributed by atoms with Gasteiger partial charge in [0.05, 0.1) is 33.6 Å². The number of ether oxygens (including phenoxy) is 3. The Hall–Kier alpha value is -4.01. The number of aliphatic imine (C=N–C) groups is 1. The standard InChI is InChI=1S/C27H35N5O4/c1-8-19-11-10-12-21(13-19)29-27(28-16-22-17(3)31-32(9-2)18(22)4)30-26(33)20-14-23(34-5)25(36-7)24(15-20)35-6/h10-15H,8-9,16H2,1-7H3,(H2,28,29,30,33).